The lowest BCUT2D eigenvalue weighted by Gasteiger charge is -2.17. The van der Waals surface area contributed by atoms with Gasteiger partial charge in [0.05, 0.1) is 23.2 Å². The topological polar surface area (TPSA) is 75.7 Å². The van der Waals surface area contributed by atoms with Gasteiger partial charge in [0, 0.05) is 7.05 Å². The Hall–Kier alpha value is -2.08. The van der Waals surface area contributed by atoms with Gasteiger partial charge in [0.25, 0.3) is 5.91 Å². The molecule has 23 heavy (non-hydrogen) atoms. The molecule has 0 radical (unpaired) electrons. The average molecular weight is 339 g/mol. The van der Waals surface area contributed by atoms with E-state index >= 15 is 0 Å². The van der Waals surface area contributed by atoms with E-state index in [1.807, 2.05) is 6.92 Å². The Bertz CT molecular complexity index is 620. The van der Waals surface area contributed by atoms with Gasteiger partial charge in [0.2, 0.25) is 5.91 Å². The second-order valence-corrected chi connectivity index (χ2v) is 6.11. The lowest BCUT2D eigenvalue weighted by Crippen LogP contribution is -2.37. The molecule has 1 N–H and O–H groups in total. The Morgan fingerprint density at radius 1 is 1.35 bits per heavy atom. The van der Waals surface area contributed by atoms with Crippen molar-refractivity contribution in [1.82, 2.24) is 4.90 Å². The molecule has 0 aliphatic heterocycles. The highest BCUT2D eigenvalue weighted by Gasteiger charge is 2.40. The van der Waals surface area contributed by atoms with Gasteiger partial charge < -0.3 is 15.0 Å². The monoisotopic (exact) mass is 338 g/mol. The Balaban J connectivity index is 1.75. The van der Waals surface area contributed by atoms with Gasteiger partial charge >= 0.3 is 5.97 Å². The van der Waals surface area contributed by atoms with Crippen LogP contribution in [0.2, 0.25) is 5.02 Å². The largest absolute Gasteiger partial charge is 0.455 e. The van der Waals surface area contributed by atoms with Crippen LogP contribution in [-0.2, 0) is 19.1 Å². The molecule has 2 atom stereocenters. The fourth-order valence-corrected chi connectivity index (χ4v) is 2.24. The molecule has 0 bridgehead atoms. The number of esters is 1. The number of ether oxygens (including phenoxy) is 1. The molecule has 1 fully saturated rings. The van der Waals surface area contributed by atoms with Crippen LogP contribution in [0.1, 0.15) is 13.3 Å². The van der Waals surface area contributed by atoms with Crippen molar-refractivity contribution in [2.45, 2.75) is 13.3 Å². The van der Waals surface area contributed by atoms with E-state index in [2.05, 4.69) is 5.32 Å². The lowest BCUT2D eigenvalue weighted by molar-refractivity contribution is -0.153. The molecule has 6 nitrogen and oxygen atoms in total. The van der Waals surface area contributed by atoms with Crippen molar-refractivity contribution in [2.75, 3.05) is 25.5 Å². The maximum Gasteiger partial charge on any atom is 0.309 e. The van der Waals surface area contributed by atoms with Crippen molar-refractivity contribution < 1.29 is 19.1 Å². The summed E-state index contributed by atoms with van der Waals surface area (Å²) in [4.78, 5) is 36.5. The molecule has 1 aromatic rings. The third kappa shape index (κ3) is 4.96. The van der Waals surface area contributed by atoms with Gasteiger partial charge in [-0.15, -0.1) is 0 Å². The molecule has 0 unspecified atom stereocenters. The second kappa shape index (κ2) is 7.46. The smallest absolute Gasteiger partial charge is 0.309 e. The van der Waals surface area contributed by atoms with Crippen LogP contribution < -0.4 is 5.32 Å². The number of hydrogen-bond donors (Lipinski definition) is 1. The minimum absolute atomic E-state index is 0.0865. The molecule has 2 amide bonds. The van der Waals surface area contributed by atoms with E-state index in [0.717, 1.165) is 6.42 Å². The van der Waals surface area contributed by atoms with Crippen molar-refractivity contribution in [2.24, 2.45) is 11.8 Å². The normalized spacial score (nSPS) is 18.9. The molecule has 0 spiro atoms. The summed E-state index contributed by atoms with van der Waals surface area (Å²) in [5, 5.41) is 3.04. The molecule has 2 rings (SSSR count). The standard InChI is InChI=1S/C16H19ClN2O4/c1-10-7-11(10)16(22)23-9-15(21)19(2)8-14(20)18-13-6-4-3-5-12(13)17/h3-6,10-11H,7-9H2,1-2H3,(H,18,20)/t10-,11+/m0/s1. The number of para-hydroxylation sites is 1. The predicted octanol–water partition coefficient (Wildman–Crippen LogP) is 1.94. The summed E-state index contributed by atoms with van der Waals surface area (Å²) in [6.45, 7) is 1.46. The zero-order valence-corrected chi connectivity index (χ0v) is 13.8. The van der Waals surface area contributed by atoms with Crippen LogP contribution in [0.25, 0.3) is 0 Å². The number of halogens is 1. The van der Waals surface area contributed by atoms with Gasteiger partial charge in [-0.1, -0.05) is 30.7 Å². The second-order valence-electron chi connectivity index (χ2n) is 5.71. The summed E-state index contributed by atoms with van der Waals surface area (Å²) in [5.41, 5.74) is 0.481. The van der Waals surface area contributed by atoms with E-state index in [4.69, 9.17) is 16.3 Å². The van der Waals surface area contributed by atoms with E-state index in [1.54, 1.807) is 24.3 Å². The number of nitrogens with zero attached hydrogens (tertiary/aromatic N) is 1. The molecular formula is C16H19ClN2O4. The number of hydrogen-bond acceptors (Lipinski definition) is 4. The van der Waals surface area contributed by atoms with Gasteiger partial charge in [-0.2, -0.15) is 0 Å². The molecule has 0 saturated heterocycles. The summed E-state index contributed by atoms with van der Waals surface area (Å²) < 4.78 is 4.96. The summed E-state index contributed by atoms with van der Waals surface area (Å²) >= 11 is 5.95. The Kier molecular flexibility index (Phi) is 5.60. The number of rotatable bonds is 6. The maximum absolute atomic E-state index is 11.9. The number of amides is 2. The maximum atomic E-state index is 11.9. The zero-order chi connectivity index (χ0) is 17.0. The van der Waals surface area contributed by atoms with Crippen LogP contribution in [0.5, 0.6) is 0 Å². The SMILES string of the molecule is C[C@H]1C[C@H]1C(=O)OCC(=O)N(C)CC(=O)Nc1ccccc1Cl. The summed E-state index contributed by atoms with van der Waals surface area (Å²) in [6, 6.07) is 6.82. The van der Waals surface area contributed by atoms with E-state index in [9.17, 15) is 14.4 Å². The summed E-state index contributed by atoms with van der Waals surface area (Å²) in [5.74, 6) is -0.912. The first-order valence-corrected chi connectivity index (χ1v) is 7.71. The van der Waals surface area contributed by atoms with Crippen LogP contribution in [-0.4, -0.2) is 42.9 Å². The summed E-state index contributed by atoms with van der Waals surface area (Å²) in [6.07, 6.45) is 0.809. The fourth-order valence-electron chi connectivity index (χ4n) is 2.06. The first-order chi connectivity index (χ1) is 10.9. The van der Waals surface area contributed by atoms with Gasteiger partial charge in [0.1, 0.15) is 0 Å². The van der Waals surface area contributed by atoms with Gasteiger partial charge in [0.15, 0.2) is 6.61 Å². The van der Waals surface area contributed by atoms with Crippen LogP contribution in [0.4, 0.5) is 5.69 Å². The highest BCUT2D eigenvalue weighted by atomic mass is 35.5. The predicted molar refractivity (Wildman–Crippen MR) is 85.9 cm³/mol. The van der Waals surface area contributed by atoms with Crippen molar-refractivity contribution in [1.29, 1.82) is 0 Å². The van der Waals surface area contributed by atoms with Gasteiger partial charge in [-0.05, 0) is 24.5 Å². The van der Waals surface area contributed by atoms with Crippen molar-refractivity contribution >= 4 is 35.1 Å². The highest BCUT2D eigenvalue weighted by Crippen LogP contribution is 2.38. The molecule has 1 aromatic carbocycles. The number of nitrogens with one attached hydrogen (secondary N) is 1. The minimum atomic E-state index is -0.430. The van der Waals surface area contributed by atoms with Crippen LogP contribution >= 0.6 is 11.6 Å². The molecule has 1 aliphatic rings. The van der Waals surface area contributed by atoms with Crippen molar-refractivity contribution in [3.05, 3.63) is 29.3 Å². The molecule has 1 aliphatic carbocycles. The Morgan fingerprint density at radius 3 is 2.61 bits per heavy atom. The molecule has 1 saturated carbocycles. The number of benzene rings is 1. The molecule has 124 valence electrons. The molecule has 7 heteroatoms. The van der Waals surface area contributed by atoms with Crippen LogP contribution in [0, 0.1) is 11.8 Å². The van der Waals surface area contributed by atoms with Crippen LogP contribution in [0.15, 0.2) is 24.3 Å². The number of carbonyl (C=O) groups is 3. The number of likely N-dealkylation sites (N-methyl/N-ethyl adjacent to an activating group) is 1. The Morgan fingerprint density at radius 2 is 2.00 bits per heavy atom. The first kappa shape index (κ1) is 17.3. The minimum Gasteiger partial charge on any atom is -0.455 e. The van der Waals surface area contributed by atoms with Crippen molar-refractivity contribution in [3.63, 3.8) is 0 Å². The number of anilines is 1. The van der Waals surface area contributed by atoms with Crippen molar-refractivity contribution in [3.8, 4) is 0 Å². The quantitative estimate of drug-likeness (QED) is 0.804. The third-order valence-corrected chi connectivity index (χ3v) is 4.03. The molecular weight excluding hydrogens is 320 g/mol. The fraction of sp³-hybridized carbons (Fsp3) is 0.438. The van der Waals surface area contributed by atoms with Gasteiger partial charge in [-0.25, -0.2) is 0 Å². The summed E-state index contributed by atoms with van der Waals surface area (Å²) in [7, 11) is 1.47. The average Bonchev–Trinajstić information content (AvgIpc) is 3.23. The Labute approximate surface area is 139 Å². The van der Waals surface area contributed by atoms with E-state index in [1.165, 1.54) is 11.9 Å². The lowest BCUT2D eigenvalue weighted by atomic mass is 10.3. The van der Waals surface area contributed by atoms with E-state index in [0.29, 0.717) is 16.6 Å². The molecule has 0 aromatic heterocycles. The molecule has 0 heterocycles. The first-order valence-electron chi connectivity index (χ1n) is 7.33. The van der Waals surface area contributed by atoms with E-state index in [-0.39, 0.29) is 30.9 Å². The van der Waals surface area contributed by atoms with Gasteiger partial charge in [-0.3, -0.25) is 14.4 Å². The zero-order valence-electron chi connectivity index (χ0n) is 13.0. The highest BCUT2D eigenvalue weighted by molar-refractivity contribution is 6.33. The third-order valence-electron chi connectivity index (χ3n) is 3.70. The van der Waals surface area contributed by atoms with Crippen LogP contribution in [0.3, 0.4) is 0 Å². The number of carbonyl (C=O) groups excluding carboxylic acids is 3. The van der Waals surface area contributed by atoms with E-state index < -0.39 is 5.91 Å².